The van der Waals surface area contributed by atoms with E-state index in [1.165, 1.54) is 33.7 Å². The van der Waals surface area contributed by atoms with Gasteiger partial charge in [-0.1, -0.05) is 54.6 Å². The smallest absolute Gasteiger partial charge is 0.263 e. The zero-order valence-corrected chi connectivity index (χ0v) is 22.0. The Balaban J connectivity index is 1.33. The molecule has 10 heteroatoms. The van der Waals surface area contributed by atoms with Gasteiger partial charge in [0.2, 0.25) is 11.9 Å². The number of rotatable bonds is 7. The molecule has 0 saturated heterocycles. The number of fused-ring (bicyclic) bond motifs is 3. The van der Waals surface area contributed by atoms with Gasteiger partial charge in [-0.05, 0) is 49.2 Å². The SMILES string of the molecule is C=CCn1c(SCC(=O)Nc2nsc(-c3ccc(C)cc3)n2)nc2sc3c(c2c1=O)CCC(C)C3. The van der Waals surface area contributed by atoms with Gasteiger partial charge in [0.25, 0.3) is 5.56 Å². The maximum atomic E-state index is 13.4. The molecule has 1 amide bonds. The van der Waals surface area contributed by atoms with Gasteiger partial charge in [-0.2, -0.15) is 9.36 Å². The van der Waals surface area contributed by atoms with E-state index >= 15 is 0 Å². The van der Waals surface area contributed by atoms with Crippen LogP contribution in [0.25, 0.3) is 20.8 Å². The third kappa shape index (κ3) is 4.96. The highest BCUT2D eigenvalue weighted by Crippen LogP contribution is 2.36. The van der Waals surface area contributed by atoms with E-state index in [4.69, 9.17) is 4.98 Å². The Morgan fingerprint density at radius 1 is 1.31 bits per heavy atom. The molecule has 4 aromatic rings. The molecule has 3 heterocycles. The molecule has 1 unspecified atom stereocenters. The van der Waals surface area contributed by atoms with Crippen LogP contribution in [0.3, 0.4) is 0 Å². The summed E-state index contributed by atoms with van der Waals surface area (Å²) < 4.78 is 5.88. The molecular formula is C25H25N5O2S3. The van der Waals surface area contributed by atoms with Crippen LogP contribution in [-0.2, 0) is 24.2 Å². The third-order valence-electron chi connectivity index (χ3n) is 6.00. The van der Waals surface area contributed by atoms with Crippen molar-refractivity contribution in [3.63, 3.8) is 0 Å². The number of hydrogen-bond acceptors (Lipinski definition) is 8. The number of allylic oxidation sites excluding steroid dienone is 1. The Morgan fingerprint density at radius 3 is 2.89 bits per heavy atom. The first-order chi connectivity index (χ1) is 16.9. The van der Waals surface area contributed by atoms with Gasteiger partial charge < -0.3 is 0 Å². The minimum atomic E-state index is -0.248. The fourth-order valence-electron chi connectivity index (χ4n) is 4.18. The van der Waals surface area contributed by atoms with Crippen molar-refractivity contribution in [3.8, 4) is 10.6 Å². The van der Waals surface area contributed by atoms with Crippen LogP contribution in [0.4, 0.5) is 5.95 Å². The Hall–Kier alpha value is -2.82. The van der Waals surface area contributed by atoms with Crippen molar-refractivity contribution in [1.82, 2.24) is 18.9 Å². The molecule has 180 valence electrons. The van der Waals surface area contributed by atoms with Crippen LogP contribution in [-0.4, -0.2) is 30.6 Å². The normalized spacial score (nSPS) is 15.2. The van der Waals surface area contributed by atoms with Crippen LogP contribution < -0.4 is 10.9 Å². The molecule has 0 aliphatic heterocycles. The van der Waals surface area contributed by atoms with Crippen LogP contribution in [0, 0.1) is 12.8 Å². The molecular weight excluding hydrogens is 499 g/mol. The lowest BCUT2D eigenvalue weighted by Crippen LogP contribution is -2.24. The number of amides is 1. The zero-order valence-electron chi connectivity index (χ0n) is 19.5. The lowest BCUT2D eigenvalue weighted by atomic mass is 9.89. The molecule has 1 atom stereocenters. The summed E-state index contributed by atoms with van der Waals surface area (Å²) in [5.74, 6) is 0.746. The topological polar surface area (TPSA) is 89.8 Å². The Kier molecular flexibility index (Phi) is 6.86. The molecule has 1 aliphatic rings. The Labute approximate surface area is 215 Å². The molecule has 1 N–H and O–H groups in total. The molecule has 7 nitrogen and oxygen atoms in total. The number of hydrogen-bond donors (Lipinski definition) is 1. The standard InChI is InChI=1S/C25H25N5O2S3/c1-4-11-30-23(32)20-17-10-7-15(3)12-18(17)34-22(20)28-25(30)33-13-19(31)26-24-27-21(35-29-24)16-8-5-14(2)6-9-16/h4-6,8-9,15H,1,7,10-13H2,2-3H3,(H,26,29,31). The minimum Gasteiger partial charge on any atom is -0.293 e. The number of aromatic nitrogens is 4. The summed E-state index contributed by atoms with van der Waals surface area (Å²) in [4.78, 5) is 37.3. The number of nitrogens with one attached hydrogen (secondary N) is 1. The van der Waals surface area contributed by atoms with Gasteiger partial charge in [-0.25, -0.2) is 4.98 Å². The van der Waals surface area contributed by atoms with E-state index in [0.29, 0.717) is 17.6 Å². The maximum Gasteiger partial charge on any atom is 0.263 e. The van der Waals surface area contributed by atoms with Crippen molar-refractivity contribution in [2.45, 2.75) is 44.8 Å². The molecule has 0 bridgehead atoms. The second-order valence-corrected chi connectivity index (χ2v) is 11.5. The van der Waals surface area contributed by atoms with Crippen molar-refractivity contribution in [2.24, 2.45) is 5.92 Å². The fraction of sp³-hybridized carbons (Fsp3) is 0.320. The highest BCUT2D eigenvalue weighted by molar-refractivity contribution is 7.99. The van der Waals surface area contributed by atoms with Crippen LogP contribution in [0.15, 0.2) is 46.9 Å². The average molecular weight is 524 g/mol. The van der Waals surface area contributed by atoms with Gasteiger partial charge >= 0.3 is 0 Å². The van der Waals surface area contributed by atoms with Gasteiger partial charge in [-0.3, -0.25) is 19.5 Å². The second kappa shape index (κ2) is 10.0. The van der Waals surface area contributed by atoms with Crippen molar-refractivity contribution < 1.29 is 4.79 Å². The first kappa shape index (κ1) is 23.9. The first-order valence-corrected chi connectivity index (χ1v) is 14.0. The summed E-state index contributed by atoms with van der Waals surface area (Å²) in [7, 11) is 0. The molecule has 0 saturated carbocycles. The molecule has 0 radical (unpaired) electrons. The number of carbonyl (C=O) groups excluding carboxylic acids is 1. The second-order valence-electron chi connectivity index (χ2n) is 8.76. The van der Waals surface area contributed by atoms with Crippen LogP contribution in [0.2, 0.25) is 0 Å². The van der Waals surface area contributed by atoms with Gasteiger partial charge in [0.1, 0.15) is 9.84 Å². The first-order valence-electron chi connectivity index (χ1n) is 11.4. The fourth-order valence-corrected chi connectivity index (χ4v) is 7.04. The number of carbonyl (C=O) groups is 1. The Morgan fingerprint density at radius 2 is 2.11 bits per heavy atom. The molecule has 0 fully saturated rings. The summed E-state index contributed by atoms with van der Waals surface area (Å²) in [6.07, 6.45) is 4.69. The molecule has 1 aliphatic carbocycles. The molecule has 1 aromatic carbocycles. The van der Waals surface area contributed by atoms with E-state index < -0.39 is 0 Å². The highest BCUT2D eigenvalue weighted by Gasteiger charge is 2.24. The summed E-state index contributed by atoms with van der Waals surface area (Å²) in [6, 6.07) is 8.01. The predicted molar refractivity (Wildman–Crippen MR) is 145 cm³/mol. The van der Waals surface area contributed by atoms with Crippen LogP contribution in [0.5, 0.6) is 0 Å². The largest absolute Gasteiger partial charge is 0.293 e. The van der Waals surface area contributed by atoms with Gasteiger partial charge in [0, 0.05) is 17.0 Å². The quantitative estimate of drug-likeness (QED) is 0.200. The van der Waals surface area contributed by atoms with E-state index in [0.717, 1.165) is 45.6 Å². The number of benzene rings is 1. The van der Waals surface area contributed by atoms with Crippen molar-refractivity contribution in [3.05, 3.63) is 63.3 Å². The van der Waals surface area contributed by atoms with Gasteiger partial charge in [0.15, 0.2) is 5.16 Å². The highest BCUT2D eigenvalue weighted by atomic mass is 32.2. The molecule has 35 heavy (non-hydrogen) atoms. The molecule has 0 spiro atoms. The minimum absolute atomic E-state index is 0.0474. The van der Waals surface area contributed by atoms with Crippen molar-refractivity contribution in [2.75, 3.05) is 11.1 Å². The number of thioether (sulfide) groups is 1. The number of anilines is 1. The Bertz CT molecular complexity index is 1470. The lowest BCUT2D eigenvalue weighted by Gasteiger charge is -2.17. The van der Waals surface area contributed by atoms with Crippen LogP contribution >= 0.6 is 34.6 Å². The van der Waals surface area contributed by atoms with Gasteiger partial charge in [0.05, 0.1) is 11.1 Å². The number of aryl methyl sites for hydroxylation is 2. The summed E-state index contributed by atoms with van der Waals surface area (Å²) in [5, 5.41) is 4.77. The van der Waals surface area contributed by atoms with E-state index in [1.54, 1.807) is 22.0 Å². The van der Waals surface area contributed by atoms with E-state index in [2.05, 4.69) is 28.2 Å². The molecule has 5 rings (SSSR count). The summed E-state index contributed by atoms with van der Waals surface area (Å²) in [5.41, 5.74) is 3.24. The summed E-state index contributed by atoms with van der Waals surface area (Å²) in [6.45, 7) is 8.42. The van der Waals surface area contributed by atoms with E-state index in [-0.39, 0.29) is 23.2 Å². The number of nitrogens with zero attached hydrogens (tertiary/aromatic N) is 4. The number of thiophene rings is 1. The third-order valence-corrected chi connectivity index (χ3v) is 8.89. The van der Waals surface area contributed by atoms with Crippen molar-refractivity contribution >= 4 is 56.7 Å². The maximum absolute atomic E-state index is 13.4. The van der Waals surface area contributed by atoms with E-state index in [9.17, 15) is 9.59 Å². The van der Waals surface area contributed by atoms with E-state index in [1.807, 2.05) is 31.2 Å². The zero-order chi connectivity index (χ0) is 24.5. The van der Waals surface area contributed by atoms with Crippen LogP contribution in [0.1, 0.15) is 29.3 Å². The van der Waals surface area contributed by atoms with Gasteiger partial charge in [-0.15, -0.1) is 17.9 Å². The monoisotopic (exact) mass is 523 g/mol. The molecule has 3 aromatic heterocycles. The summed E-state index contributed by atoms with van der Waals surface area (Å²) >= 11 is 4.10. The lowest BCUT2D eigenvalue weighted by molar-refractivity contribution is -0.113. The average Bonchev–Trinajstić information content (AvgIpc) is 3.44. The predicted octanol–water partition coefficient (Wildman–Crippen LogP) is 5.33. The van der Waals surface area contributed by atoms with Crippen molar-refractivity contribution in [1.29, 1.82) is 0 Å².